The molecule has 7 nitrogen and oxygen atoms in total. The third kappa shape index (κ3) is 5.62. The molecule has 0 bridgehead atoms. The lowest BCUT2D eigenvalue weighted by atomic mass is 10.2. The highest BCUT2D eigenvalue weighted by Crippen LogP contribution is 2.16. The van der Waals surface area contributed by atoms with Crippen LogP contribution >= 0.6 is 0 Å². The van der Waals surface area contributed by atoms with Gasteiger partial charge in [0.25, 0.3) is 5.91 Å². The second-order valence-corrected chi connectivity index (χ2v) is 6.22. The minimum atomic E-state index is -0.276. The van der Waals surface area contributed by atoms with Gasteiger partial charge >= 0.3 is 0 Å². The molecule has 0 saturated heterocycles. The third-order valence-electron chi connectivity index (χ3n) is 4.28. The van der Waals surface area contributed by atoms with Crippen LogP contribution in [0.1, 0.15) is 21.7 Å². The van der Waals surface area contributed by atoms with E-state index in [9.17, 15) is 4.79 Å². The van der Waals surface area contributed by atoms with Crippen LogP contribution in [0, 0.1) is 0 Å². The van der Waals surface area contributed by atoms with Gasteiger partial charge in [0.05, 0.1) is 13.4 Å². The van der Waals surface area contributed by atoms with Crippen molar-refractivity contribution in [3.05, 3.63) is 83.8 Å². The summed E-state index contributed by atoms with van der Waals surface area (Å²) in [6.45, 7) is 1.19. The van der Waals surface area contributed by atoms with Crippen LogP contribution in [0.2, 0.25) is 0 Å². The number of methoxy groups -OCH3 is 1. The first-order valence-corrected chi connectivity index (χ1v) is 9.20. The number of amides is 1. The van der Waals surface area contributed by atoms with Crippen molar-refractivity contribution in [1.82, 2.24) is 10.6 Å². The number of anilines is 1. The number of aliphatic imine (C=N–C) groups is 1. The summed E-state index contributed by atoms with van der Waals surface area (Å²) in [4.78, 5) is 16.2. The van der Waals surface area contributed by atoms with Gasteiger partial charge in [-0.3, -0.25) is 9.79 Å². The number of carbonyl (C=O) groups excluding carboxylic acids is 1. The van der Waals surface area contributed by atoms with E-state index in [4.69, 9.17) is 9.15 Å². The van der Waals surface area contributed by atoms with E-state index in [0.717, 1.165) is 16.9 Å². The molecule has 1 amide bonds. The molecule has 0 fully saturated rings. The van der Waals surface area contributed by atoms with Crippen molar-refractivity contribution in [2.75, 3.05) is 19.5 Å². The van der Waals surface area contributed by atoms with Gasteiger partial charge in [-0.2, -0.15) is 0 Å². The molecule has 2 aromatic carbocycles. The van der Waals surface area contributed by atoms with Crippen LogP contribution in [0.15, 0.2) is 76.3 Å². The van der Waals surface area contributed by atoms with Crippen molar-refractivity contribution in [3.8, 4) is 5.75 Å². The number of benzene rings is 2. The van der Waals surface area contributed by atoms with Gasteiger partial charge in [-0.05, 0) is 35.9 Å². The molecule has 29 heavy (non-hydrogen) atoms. The summed E-state index contributed by atoms with van der Waals surface area (Å²) in [6, 6.07) is 18.7. The number of nitrogens with one attached hydrogen (secondary N) is 3. The van der Waals surface area contributed by atoms with Crippen molar-refractivity contribution in [1.29, 1.82) is 0 Å². The second kappa shape index (κ2) is 9.98. The second-order valence-electron chi connectivity index (χ2n) is 6.22. The molecule has 0 aliphatic rings. The Bertz CT molecular complexity index is 950. The van der Waals surface area contributed by atoms with Gasteiger partial charge in [-0.15, -0.1) is 0 Å². The SMILES string of the molecule is CN=C(NCc1ccc(NC(=O)c2ccco2)cc1)NCc1ccccc1OC. The van der Waals surface area contributed by atoms with Gasteiger partial charge in [-0.1, -0.05) is 30.3 Å². The zero-order chi connectivity index (χ0) is 20.5. The number of guanidine groups is 1. The zero-order valence-corrected chi connectivity index (χ0v) is 16.4. The third-order valence-corrected chi connectivity index (χ3v) is 4.28. The van der Waals surface area contributed by atoms with Crippen molar-refractivity contribution in [2.24, 2.45) is 4.99 Å². The molecule has 1 heterocycles. The standard InChI is InChI=1S/C22H24N4O3/c1-23-22(25-15-17-6-3-4-7-19(17)28-2)24-14-16-9-11-18(12-10-16)26-21(27)20-8-5-13-29-20/h3-13H,14-15H2,1-2H3,(H,26,27)(H2,23,24,25). The Balaban J connectivity index is 1.50. The number of hydrogen-bond acceptors (Lipinski definition) is 4. The van der Waals surface area contributed by atoms with Gasteiger partial charge in [0.15, 0.2) is 11.7 Å². The number of para-hydroxylation sites is 1. The van der Waals surface area contributed by atoms with Crippen LogP contribution in [0.3, 0.4) is 0 Å². The highest BCUT2D eigenvalue weighted by Gasteiger charge is 2.08. The Kier molecular flexibility index (Phi) is 6.89. The van der Waals surface area contributed by atoms with Crippen LogP contribution in [-0.4, -0.2) is 26.0 Å². The number of rotatable bonds is 7. The lowest BCUT2D eigenvalue weighted by Gasteiger charge is -2.14. The van der Waals surface area contributed by atoms with E-state index in [1.54, 1.807) is 26.3 Å². The summed E-state index contributed by atoms with van der Waals surface area (Å²) in [5, 5.41) is 9.34. The van der Waals surface area contributed by atoms with E-state index in [1.807, 2.05) is 48.5 Å². The number of ether oxygens (including phenoxy) is 1. The van der Waals surface area contributed by atoms with Crippen LogP contribution in [0.5, 0.6) is 5.75 Å². The Hall–Kier alpha value is -3.74. The molecule has 3 rings (SSSR count). The maximum atomic E-state index is 12.0. The largest absolute Gasteiger partial charge is 0.496 e. The summed E-state index contributed by atoms with van der Waals surface area (Å²) in [6.07, 6.45) is 1.47. The summed E-state index contributed by atoms with van der Waals surface area (Å²) in [7, 11) is 3.39. The Labute approximate surface area is 169 Å². The van der Waals surface area contributed by atoms with E-state index in [2.05, 4.69) is 20.9 Å². The van der Waals surface area contributed by atoms with E-state index >= 15 is 0 Å². The van der Waals surface area contributed by atoms with Crippen LogP contribution in [0.25, 0.3) is 0 Å². The minimum Gasteiger partial charge on any atom is -0.496 e. The quantitative estimate of drug-likeness (QED) is 0.424. The Morgan fingerprint density at radius 2 is 1.76 bits per heavy atom. The van der Waals surface area contributed by atoms with E-state index in [1.165, 1.54) is 6.26 Å². The Morgan fingerprint density at radius 3 is 2.45 bits per heavy atom. The van der Waals surface area contributed by atoms with Gasteiger partial charge in [-0.25, -0.2) is 0 Å². The van der Waals surface area contributed by atoms with Crippen molar-refractivity contribution in [3.63, 3.8) is 0 Å². The van der Waals surface area contributed by atoms with Crippen molar-refractivity contribution in [2.45, 2.75) is 13.1 Å². The lowest BCUT2D eigenvalue weighted by molar-refractivity contribution is 0.0996. The number of carbonyl (C=O) groups is 1. The summed E-state index contributed by atoms with van der Waals surface area (Å²) < 4.78 is 10.5. The fourth-order valence-corrected chi connectivity index (χ4v) is 2.74. The van der Waals surface area contributed by atoms with Crippen molar-refractivity contribution >= 4 is 17.6 Å². The zero-order valence-electron chi connectivity index (χ0n) is 16.4. The number of furan rings is 1. The molecule has 0 radical (unpaired) electrons. The summed E-state index contributed by atoms with van der Waals surface area (Å²) >= 11 is 0. The maximum Gasteiger partial charge on any atom is 0.291 e. The normalized spacial score (nSPS) is 11.0. The smallest absolute Gasteiger partial charge is 0.291 e. The molecule has 0 aliphatic carbocycles. The fraction of sp³-hybridized carbons (Fsp3) is 0.182. The maximum absolute atomic E-state index is 12.0. The monoisotopic (exact) mass is 392 g/mol. The fourth-order valence-electron chi connectivity index (χ4n) is 2.74. The molecule has 7 heteroatoms. The molecular formula is C22H24N4O3. The minimum absolute atomic E-state index is 0.276. The molecule has 150 valence electrons. The van der Waals surface area contributed by atoms with Gasteiger partial charge in [0.1, 0.15) is 5.75 Å². The summed E-state index contributed by atoms with van der Waals surface area (Å²) in [5.74, 6) is 1.52. The molecule has 0 atom stereocenters. The van der Waals surface area contributed by atoms with E-state index in [0.29, 0.717) is 24.7 Å². The topological polar surface area (TPSA) is 87.9 Å². The number of nitrogens with zero attached hydrogens (tertiary/aromatic N) is 1. The average molecular weight is 392 g/mol. The highest BCUT2D eigenvalue weighted by molar-refractivity contribution is 6.02. The molecule has 0 saturated carbocycles. The first-order chi connectivity index (χ1) is 14.2. The first-order valence-electron chi connectivity index (χ1n) is 9.20. The predicted octanol–water partition coefficient (Wildman–Crippen LogP) is 3.41. The Morgan fingerprint density at radius 1 is 1.00 bits per heavy atom. The van der Waals surface area contributed by atoms with Crippen LogP contribution < -0.4 is 20.7 Å². The van der Waals surface area contributed by atoms with Crippen LogP contribution in [0.4, 0.5) is 5.69 Å². The molecule has 0 aliphatic heterocycles. The molecule has 3 aromatic rings. The molecular weight excluding hydrogens is 368 g/mol. The average Bonchev–Trinajstić information content (AvgIpc) is 3.30. The molecule has 3 N–H and O–H groups in total. The first kappa shape index (κ1) is 20.0. The molecule has 0 spiro atoms. The van der Waals surface area contributed by atoms with E-state index < -0.39 is 0 Å². The summed E-state index contributed by atoms with van der Waals surface area (Å²) in [5.41, 5.74) is 2.81. The van der Waals surface area contributed by atoms with Crippen LogP contribution in [-0.2, 0) is 13.1 Å². The molecule has 0 unspecified atom stereocenters. The van der Waals surface area contributed by atoms with Gasteiger partial charge in [0, 0.05) is 31.4 Å². The van der Waals surface area contributed by atoms with E-state index in [-0.39, 0.29) is 11.7 Å². The van der Waals surface area contributed by atoms with Crippen molar-refractivity contribution < 1.29 is 13.9 Å². The van der Waals surface area contributed by atoms with Gasteiger partial charge in [0.2, 0.25) is 0 Å². The molecule has 1 aromatic heterocycles. The highest BCUT2D eigenvalue weighted by atomic mass is 16.5. The van der Waals surface area contributed by atoms with Gasteiger partial charge < -0.3 is 25.1 Å². The lowest BCUT2D eigenvalue weighted by Crippen LogP contribution is -2.36. The number of hydrogen-bond donors (Lipinski definition) is 3. The predicted molar refractivity (Wildman–Crippen MR) is 113 cm³/mol.